The van der Waals surface area contributed by atoms with E-state index < -0.39 is 6.36 Å². The molecule has 0 spiro atoms. The molecule has 0 fully saturated rings. The van der Waals surface area contributed by atoms with Crippen molar-refractivity contribution >= 4 is 0 Å². The van der Waals surface area contributed by atoms with Gasteiger partial charge in [-0.05, 0) is 55.2 Å². The summed E-state index contributed by atoms with van der Waals surface area (Å²) in [5, 5.41) is 0. The molecule has 0 aliphatic carbocycles. The predicted octanol–water partition coefficient (Wildman–Crippen LogP) is 5.57. The number of aryl methyl sites for hydroxylation is 1. The topological polar surface area (TPSA) is 18.5 Å². The van der Waals surface area contributed by atoms with E-state index in [1.54, 1.807) is 12.1 Å². The zero-order valence-corrected chi connectivity index (χ0v) is 13.3. The number of hydrogen-bond donors (Lipinski definition) is 0. The molecule has 0 amide bonds. The second-order valence-corrected chi connectivity index (χ2v) is 5.44. The number of rotatable bonds is 9. The van der Waals surface area contributed by atoms with Crippen LogP contribution in [0.1, 0.15) is 31.2 Å². The van der Waals surface area contributed by atoms with Crippen molar-refractivity contribution in [2.45, 2.75) is 38.5 Å². The monoisotopic (exact) mass is 337 g/mol. The summed E-state index contributed by atoms with van der Waals surface area (Å²) in [5.74, 6) is 0.678. The van der Waals surface area contributed by atoms with Crippen molar-refractivity contribution in [3.05, 3.63) is 60.2 Å². The lowest BCUT2D eigenvalue weighted by Gasteiger charge is -2.09. The molecule has 0 bridgehead atoms. The SMILES string of the molecule is FC(F)(F)Oc1ccc(CCCCCCOc2cc[c]cc2)cc1. The maximum atomic E-state index is 12.1. The molecule has 2 rings (SSSR count). The molecule has 2 nitrogen and oxygen atoms in total. The van der Waals surface area contributed by atoms with Gasteiger partial charge in [0.25, 0.3) is 0 Å². The molecule has 0 saturated heterocycles. The Hall–Kier alpha value is -2.17. The molecular weight excluding hydrogens is 317 g/mol. The molecule has 0 aliphatic heterocycles. The van der Waals surface area contributed by atoms with Crippen molar-refractivity contribution in [3.63, 3.8) is 0 Å². The fraction of sp³-hybridized carbons (Fsp3) is 0.368. The van der Waals surface area contributed by atoms with Gasteiger partial charge in [0.05, 0.1) is 6.61 Å². The van der Waals surface area contributed by atoms with E-state index in [4.69, 9.17) is 4.74 Å². The molecule has 0 heterocycles. The maximum absolute atomic E-state index is 12.1. The standard InChI is InChI=1S/C19H20F3O2/c20-19(21,22)24-18-13-11-16(12-14-18)8-4-1-2-7-15-23-17-9-5-3-6-10-17/h5-6,9-14H,1-2,4,7-8,15H2. The average molecular weight is 337 g/mol. The van der Waals surface area contributed by atoms with E-state index in [9.17, 15) is 13.2 Å². The highest BCUT2D eigenvalue weighted by atomic mass is 19.4. The van der Waals surface area contributed by atoms with Gasteiger partial charge < -0.3 is 9.47 Å². The van der Waals surface area contributed by atoms with Crippen LogP contribution < -0.4 is 9.47 Å². The number of ether oxygens (including phenoxy) is 2. The third-order valence-electron chi connectivity index (χ3n) is 3.47. The van der Waals surface area contributed by atoms with Crippen molar-refractivity contribution in [2.24, 2.45) is 0 Å². The van der Waals surface area contributed by atoms with Crippen molar-refractivity contribution in [1.29, 1.82) is 0 Å². The summed E-state index contributed by atoms with van der Waals surface area (Å²) in [6.45, 7) is 0.688. The Morgan fingerprint density at radius 1 is 0.792 bits per heavy atom. The fourth-order valence-corrected chi connectivity index (χ4v) is 2.30. The summed E-state index contributed by atoms with van der Waals surface area (Å²) in [4.78, 5) is 0. The fourth-order valence-electron chi connectivity index (χ4n) is 2.30. The molecular formula is C19H20F3O2. The molecule has 2 aromatic carbocycles. The Morgan fingerprint density at radius 2 is 1.46 bits per heavy atom. The minimum absolute atomic E-state index is 0.179. The summed E-state index contributed by atoms with van der Waals surface area (Å²) < 4.78 is 45.6. The Labute approximate surface area is 140 Å². The van der Waals surface area contributed by atoms with E-state index in [0.717, 1.165) is 43.4 Å². The number of hydrogen-bond acceptors (Lipinski definition) is 2. The minimum Gasteiger partial charge on any atom is -0.494 e. The van der Waals surface area contributed by atoms with Crippen molar-refractivity contribution in [2.75, 3.05) is 6.61 Å². The molecule has 0 N–H and O–H groups in total. The second kappa shape index (κ2) is 9.21. The van der Waals surface area contributed by atoms with Gasteiger partial charge >= 0.3 is 6.36 Å². The van der Waals surface area contributed by atoms with Crippen molar-refractivity contribution in [3.8, 4) is 11.5 Å². The van der Waals surface area contributed by atoms with E-state index in [-0.39, 0.29) is 5.75 Å². The summed E-state index contributed by atoms with van der Waals surface area (Å²) in [6, 6.07) is 16.4. The van der Waals surface area contributed by atoms with Crippen LogP contribution in [0.15, 0.2) is 48.5 Å². The molecule has 0 atom stereocenters. The largest absolute Gasteiger partial charge is 0.573 e. The van der Waals surface area contributed by atoms with Crippen LogP contribution in [0.4, 0.5) is 13.2 Å². The van der Waals surface area contributed by atoms with Crippen LogP contribution in [0, 0.1) is 6.07 Å². The normalized spacial score (nSPS) is 11.3. The van der Waals surface area contributed by atoms with Crippen LogP contribution in [0.2, 0.25) is 0 Å². The number of halogens is 3. The van der Waals surface area contributed by atoms with Gasteiger partial charge in [-0.2, -0.15) is 0 Å². The smallest absolute Gasteiger partial charge is 0.494 e. The van der Waals surface area contributed by atoms with E-state index in [1.165, 1.54) is 12.1 Å². The Balaban J connectivity index is 1.56. The lowest BCUT2D eigenvalue weighted by Crippen LogP contribution is -2.17. The van der Waals surface area contributed by atoms with Gasteiger partial charge in [0.2, 0.25) is 0 Å². The van der Waals surface area contributed by atoms with E-state index in [0.29, 0.717) is 6.61 Å². The first kappa shape index (κ1) is 18.2. The molecule has 0 aromatic heterocycles. The Bertz CT molecular complexity index is 580. The first-order valence-corrected chi connectivity index (χ1v) is 7.96. The van der Waals surface area contributed by atoms with Crippen LogP contribution in [0.25, 0.3) is 0 Å². The van der Waals surface area contributed by atoms with Gasteiger partial charge in [-0.1, -0.05) is 37.1 Å². The van der Waals surface area contributed by atoms with Crippen LogP contribution in [-0.4, -0.2) is 13.0 Å². The highest BCUT2D eigenvalue weighted by molar-refractivity contribution is 5.27. The highest BCUT2D eigenvalue weighted by Crippen LogP contribution is 2.23. The lowest BCUT2D eigenvalue weighted by atomic mass is 10.1. The number of unbranched alkanes of at least 4 members (excludes halogenated alkanes) is 3. The zero-order chi connectivity index (χ0) is 17.3. The van der Waals surface area contributed by atoms with Crippen molar-refractivity contribution < 1.29 is 22.6 Å². The summed E-state index contributed by atoms with van der Waals surface area (Å²) in [6.07, 6.45) is 0.320. The zero-order valence-electron chi connectivity index (χ0n) is 13.3. The highest BCUT2D eigenvalue weighted by Gasteiger charge is 2.30. The maximum Gasteiger partial charge on any atom is 0.573 e. The number of alkyl halides is 3. The van der Waals surface area contributed by atoms with Crippen LogP contribution in [0.5, 0.6) is 11.5 Å². The van der Waals surface area contributed by atoms with Gasteiger partial charge in [0.15, 0.2) is 0 Å². The van der Waals surface area contributed by atoms with E-state index in [2.05, 4.69) is 10.8 Å². The Morgan fingerprint density at radius 3 is 2.12 bits per heavy atom. The molecule has 0 unspecified atom stereocenters. The van der Waals surface area contributed by atoms with Gasteiger partial charge in [0, 0.05) is 0 Å². The van der Waals surface area contributed by atoms with Crippen LogP contribution in [-0.2, 0) is 6.42 Å². The Kier molecular flexibility index (Phi) is 6.97. The van der Waals surface area contributed by atoms with Crippen molar-refractivity contribution in [1.82, 2.24) is 0 Å². The molecule has 0 aliphatic rings. The third-order valence-corrected chi connectivity index (χ3v) is 3.47. The van der Waals surface area contributed by atoms with Gasteiger partial charge in [-0.15, -0.1) is 13.2 Å². The van der Waals surface area contributed by atoms with Gasteiger partial charge in [-0.3, -0.25) is 0 Å². The molecule has 129 valence electrons. The first-order valence-electron chi connectivity index (χ1n) is 7.96. The van der Waals surface area contributed by atoms with Crippen LogP contribution in [0.3, 0.4) is 0 Å². The summed E-state index contributed by atoms with van der Waals surface area (Å²) in [5.41, 5.74) is 1.02. The summed E-state index contributed by atoms with van der Waals surface area (Å²) in [7, 11) is 0. The van der Waals surface area contributed by atoms with E-state index in [1.807, 2.05) is 24.3 Å². The second-order valence-electron chi connectivity index (χ2n) is 5.44. The lowest BCUT2D eigenvalue weighted by molar-refractivity contribution is -0.274. The van der Waals surface area contributed by atoms with Crippen LogP contribution >= 0.6 is 0 Å². The van der Waals surface area contributed by atoms with Gasteiger partial charge in [-0.25, -0.2) is 0 Å². The van der Waals surface area contributed by atoms with Gasteiger partial charge in [0.1, 0.15) is 11.5 Å². The molecule has 0 saturated carbocycles. The van der Waals surface area contributed by atoms with E-state index >= 15 is 0 Å². The first-order chi connectivity index (χ1) is 11.5. The quantitative estimate of drug-likeness (QED) is 0.557. The molecule has 1 radical (unpaired) electrons. The average Bonchev–Trinajstić information content (AvgIpc) is 2.55. The summed E-state index contributed by atoms with van der Waals surface area (Å²) >= 11 is 0. The minimum atomic E-state index is -4.64. The molecule has 24 heavy (non-hydrogen) atoms. The number of benzene rings is 2. The molecule has 2 aromatic rings. The predicted molar refractivity (Wildman–Crippen MR) is 86.1 cm³/mol. The molecule has 5 heteroatoms. The third kappa shape index (κ3) is 7.40.